The van der Waals surface area contributed by atoms with Gasteiger partial charge in [0.25, 0.3) is 0 Å². The minimum atomic E-state index is -1.13. The molecule has 20 heavy (non-hydrogen) atoms. The molecular formula is C12H12BrN3O4. The van der Waals surface area contributed by atoms with Crippen LogP contribution in [0, 0.1) is 0 Å². The van der Waals surface area contributed by atoms with Crippen LogP contribution in [0.3, 0.4) is 0 Å². The maximum Gasteiger partial charge on any atom is 0.337 e. The van der Waals surface area contributed by atoms with Gasteiger partial charge in [-0.05, 0) is 18.2 Å². The Kier molecular flexibility index (Phi) is 4.23. The van der Waals surface area contributed by atoms with Crippen LogP contribution in [0.15, 0.2) is 22.7 Å². The summed E-state index contributed by atoms with van der Waals surface area (Å²) < 4.78 is 0.649. The molecular weight excluding hydrogens is 330 g/mol. The van der Waals surface area contributed by atoms with Crippen molar-refractivity contribution in [1.29, 1.82) is 0 Å². The topological polar surface area (TPSA) is 108 Å². The quantitative estimate of drug-likeness (QED) is 0.661. The minimum Gasteiger partial charge on any atom is -0.478 e. The van der Waals surface area contributed by atoms with Crippen LogP contribution in [0.2, 0.25) is 0 Å². The normalized spacial score (nSPS) is 17.4. The van der Waals surface area contributed by atoms with E-state index in [1.807, 2.05) is 0 Å². The second-order valence-electron chi connectivity index (χ2n) is 4.30. The smallest absolute Gasteiger partial charge is 0.337 e. The summed E-state index contributed by atoms with van der Waals surface area (Å²) in [6.45, 7) is 0.372. The lowest BCUT2D eigenvalue weighted by Crippen LogP contribution is -2.39. The summed E-state index contributed by atoms with van der Waals surface area (Å²) in [6, 6.07) is 3.63. The molecule has 1 aliphatic heterocycles. The Morgan fingerprint density at radius 3 is 2.75 bits per heavy atom. The van der Waals surface area contributed by atoms with Gasteiger partial charge in [0.15, 0.2) is 0 Å². The molecule has 2 rings (SSSR count). The minimum absolute atomic E-state index is 0.0102. The van der Waals surface area contributed by atoms with E-state index < -0.39 is 12.0 Å². The zero-order chi connectivity index (χ0) is 14.7. The monoisotopic (exact) mass is 341 g/mol. The van der Waals surface area contributed by atoms with Crippen LogP contribution in [-0.4, -0.2) is 35.6 Å². The molecule has 4 N–H and O–H groups in total. The van der Waals surface area contributed by atoms with Crippen LogP contribution in [-0.2, 0) is 4.79 Å². The van der Waals surface area contributed by atoms with Gasteiger partial charge >= 0.3 is 12.0 Å². The SMILES string of the molecule is O=C1CC(NC(=O)Nc2cc(Br)ccc2C(=O)O)CN1. The molecule has 1 aromatic rings. The predicted molar refractivity (Wildman–Crippen MR) is 74.7 cm³/mol. The van der Waals surface area contributed by atoms with Crippen molar-refractivity contribution in [3.8, 4) is 0 Å². The van der Waals surface area contributed by atoms with Gasteiger partial charge in [0.2, 0.25) is 5.91 Å². The van der Waals surface area contributed by atoms with Gasteiger partial charge in [-0.15, -0.1) is 0 Å². The van der Waals surface area contributed by atoms with Crippen molar-refractivity contribution >= 4 is 39.5 Å². The molecule has 1 unspecified atom stereocenters. The van der Waals surface area contributed by atoms with Gasteiger partial charge in [0.1, 0.15) is 0 Å². The highest BCUT2D eigenvalue weighted by Crippen LogP contribution is 2.21. The number of carboxylic acids is 1. The summed E-state index contributed by atoms with van der Waals surface area (Å²) in [7, 11) is 0. The number of carbonyl (C=O) groups is 3. The number of nitrogens with one attached hydrogen (secondary N) is 3. The Morgan fingerprint density at radius 2 is 2.15 bits per heavy atom. The Balaban J connectivity index is 2.05. The number of hydrogen-bond acceptors (Lipinski definition) is 3. The number of hydrogen-bond donors (Lipinski definition) is 4. The van der Waals surface area contributed by atoms with Crippen molar-refractivity contribution in [2.45, 2.75) is 12.5 Å². The Morgan fingerprint density at radius 1 is 1.40 bits per heavy atom. The largest absolute Gasteiger partial charge is 0.478 e. The van der Waals surface area contributed by atoms with Gasteiger partial charge in [-0.25, -0.2) is 9.59 Å². The standard InChI is InChI=1S/C12H12BrN3O4/c13-6-1-2-8(11(18)19)9(3-6)16-12(20)15-7-4-10(17)14-5-7/h1-3,7H,4-5H2,(H,14,17)(H,18,19)(H2,15,16,20). The first-order valence-electron chi connectivity index (χ1n) is 5.83. The molecule has 1 fully saturated rings. The number of halogens is 1. The zero-order valence-electron chi connectivity index (χ0n) is 10.3. The van der Waals surface area contributed by atoms with Crippen LogP contribution >= 0.6 is 15.9 Å². The van der Waals surface area contributed by atoms with Crippen molar-refractivity contribution in [3.05, 3.63) is 28.2 Å². The summed E-state index contributed by atoms with van der Waals surface area (Å²) in [5.74, 6) is -1.26. The van der Waals surface area contributed by atoms with Crippen LogP contribution in [0.4, 0.5) is 10.5 Å². The van der Waals surface area contributed by atoms with E-state index in [-0.39, 0.29) is 29.6 Å². The fourth-order valence-electron chi connectivity index (χ4n) is 1.86. The van der Waals surface area contributed by atoms with E-state index in [1.165, 1.54) is 12.1 Å². The Bertz CT molecular complexity index is 576. The van der Waals surface area contributed by atoms with Crippen molar-refractivity contribution < 1.29 is 19.5 Å². The molecule has 8 heteroatoms. The first kappa shape index (κ1) is 14.3. The van der Waals surface area contributed by atoms with Gasteiger partial charge in [0.05, 0.1) is 17.3 Å². The lowest BCUT2D eigenvalue weighted by Gasteiger charge is -2.13. The van der Waals surface area contributed by atoms with Crippen molar-refractivity contribution in [3.63, 3.8) is 0 Å². The summed E-state index contributed by atoms with van der Waals surface area (Å²) >= 11 is 3.21. The number of carboxylic acid groups (broad SMARTS) is 1. The van der Waals surface area contributed by atoms with E-state index >= 15 is 0 Å². The number of aromatic carboxylic acids is 1. The summed E-state index contributed by atoms with van der Waals surface area (Å²) in [5.41, 5.74) is 0.172. The molecule has 106 valence electrons. The number of carbonyl (C=O) groups excluding carboxylic acids is 2. The molecule has 0 aromatic heterocycles. The van der Waals surface area contributed by atoms with Crippen molar-refractivity contribution in [2.75, 3.05) is 11.9 Å². The average Bonchev–Trinajstić information content (AvgIpc) is 2.74. The van der Waals surface area contributed by atoms with Gasteiger partial charge in [-0.1, -0.05) is 15.9 Å². The van der Waals surface area contributed by atoms with Crippen molar-refractivity contribution in [2.24, 2.45) is 0 Å². The maximum atomic E-state index is 11.8. The molecule has 0 aliphatic carbocycles. The van der Waals surface area contributed by atoms with E-state index in [4.69, 9.17) is 5.11 Å². The highest BCUT2D eigenvalue weighted by Gasteiger charge is 2.23. The maximum absolute atomic E-state index is 11.8. The molecule has 3 amide bonds. The number of amides is 3. The fourth-order valence-corrected chi connectivity index (χ4v) is 2.22. The Labute approximate surface area is 122 Å². The predicted octanol–water partition coefficient (Wildman–Crippen LogP) is 1.16. The molecule has 0 saturated carbocycles. The average molecular weight is 342 g/mol. The van der Waals surface area contributed by atoms with E-state index in [2.05, 4.69) is 31.9 Å². The Hall–Kier alpha value is -2.09. The van der Waals surface area contributed by atoms with Gasteiger partial charge in [-0.2, -0.15) is 0 Å². The summed E-state index contributed by atoms with van der Waals surface area (Å²) in [6.07, 6.45) is 0.220. The number of anilines is 1. The van der Waals surface area contributed by atoms with Gasteiger partial charge in [0, 0.05) is 17.4 Å². The number of rotatable bonds is 3. The summed E-state index contributed by atoms with van der Waals surface area (Å²) in [5, 5.41) is 16.7. The second kappa shape index (κ2) is 5.91. The molecule has 1 aliphatic rings. The zero-order valence-corrected chi connectivity index (χ0v) is 11.9. The van der Waals surface area contributed by atoms with Gasteiger partial charge in [-0.3, -0.25) is 4.79 Å². The summed E-state index contributed by atoms with van der Waals surface area (Å²) in [4.78, 5) is 33.9. The molecule has 1 heterocycles. The molecule has 0 bridgehead atoms. The third-order valence-corrected chi connectivity index (χ3v) is 3.27. The van der Waals surface area contributed by atoms with Gasteiger partial charge < -0.3 is 21.1 Å². The second-order valence-corrected chi connectivity index (χ2v) is 5.21. The van der Waals surface area contributed by atoms with Crippen LogP contribution in [0.5, 0.6) is 0 Å². The van der Waals surface area contributed by atoms with Crippen LogP contribution in [0.1, 0.15) is 16.8 Å². The van der Waals surface area contributed by atoms with Crippen molar-refractivity contribution in [1.82, 2.24) is 10.6 Å². The fraction of sp³-hybridized carbons (Fsp3) is 0.250. The van der Waals surface area contributed by atoms with Crippen LogP contribution < -0.4 is 16.0 Å². The lowest BCUT2D eigenvalue weighted by atomic mass is 10.2. The molecule has 0 spiro atoms. The highest BCUT2D eigenvalue weighted by atomic mass is 79.9. The molecule has 0 radical (unpaired) electrons. The number of urea groups is 1. The number of benzene rings is 1. The first-order valence-corrected chi connectivity index (χ1v) is 6.62. The first-order chi connectivity index (χ1) is 9.45. The molecule has 1 saturated heterocycles. The lowest BCUT2D eigenvalue weighted by molar-refractivity contribution is -0.119. The highest BCUT2D eigenvalue weighted by molar-refractivity contribution is 9.10. The van der Waals surface area contributed by atoms with E-state index in [0.29, 0.717) is 11.0 Å². The van der Waals surface area contributed by atoms with E-state index in [0.717, 1.165) is 0 Å². The molecule has 1 aromatic carbocycles. The van der Waals surface area contributed by atoms with E-state index in [1.54, 1.807) is 6.07 Å². The molecule has 7 nitrogen and oxygen atoms in total. The van der Waals surface area contributed by atoms with E-state index in [9.17, 15) is 14.4 Å². The third kappa shape index (κ3) is 3.47. The third-order valence-electron chi connectivity index (χ3n) is 2.77. The molecule has 1 atom stereocenters. The van der Waals surface area contributed by atoms with Crippen LogP contribution in [0.25, 0.3) is 0 Å².